The highest BCUT2D eigenvalue weighted by molar-refractivity contribution is 8.00. The Morgan fingerprint density at radius 2 is 1.71 bits per heavy atom. The van der Waals surface area contributed by atoms with Crippen LogP contribution in [0.15, 0.2) is 17.2 Å². The molecule has 0 bridgehead atoms. The molecule has 0 atom stereocenters. The van der Waals surface area contributed by atoms with Crippen molar-refractivity contribution >= 4 is 40.5 Å². The second-order valence-corrected chi connectivity index (χ2v) is 6.59. The molecule has 16 heteroatoms. The minimum atomic E-state index is -1.21. The van der Waals surface area contributed by atoms with Crippen LogP contribution in [0.1, 0.15) is 12.6 Å². The first-order valence-corrected chi connectivity index (χ1v) is 9.26. The summed E-state index contributed by atoms with van der Waals surface area (Å²) in [5.74, 6) is -1.18. The first-order valence-electron chi connectivity index (χ1n) is 8.28. The number of nitrogen functional groups attached to an aromatic ring is 1. The normalized spacial score (nSPS) is 10.0. The highest BCUT2D eigenvalue weighted by Gasteiger charge is 2.30. The van der Waals surface area contributed by atoms with Crippen molar-refractivity contribution in [2.45, 2.75) is 18.9 Å². The Kier molecular flexibility index (Phi) is 8.67. The molecule has 0 aliphatic carbocycles. The number of nitrogens with zero attached hydrogens (tertiary/aromatic N) is 5. The number of thioether (sulfide) groups is 1. The number of rotatable bonds is 7. The number of carbonyl (C=O) groups is 1. The average Bonchev–Trinajstić information content (AvgIpc) is 2.91. The van der Waals surface area contributed by atoms with E-state index in [1.807, 2.05) is 6.92 Å². The smallest absolute Gasteiger partial charge is 0.324 e. The van der Waals surface area contributed by atoms with Crippen LogP contribution in [0.5, 0.6) is 5.75 Å². The second kappa shape index (κ2) is 10.7. The van der Waals surface area contributed by atoms with Crippen LogP contribution in [0.2, 0.25) is 0 Å². The van der Waals surface area contributed by atoms with E-state index in [4.69, 9.17) is 15.6 Å². The zero-order valence-electron chi connectivity index (χ0n) is 16.5. The molecule has 0 unspecified atom stereocenters. The Hall–Kier alpha value is -3.95. The number of esters is 1. The number of phenols is 1. The summed E-state index contributed by atoms with van der Waals surface area (Å²) in [6.45, 7) is 4.02. The van der Waals surface area contributed by atoms with E-state index in [2.05, 4.69) is 5.10 Å². The van der Waals surface area contributed by atoms with E-state index in [1.54, 1.807) is 18.7 Å². The maximum atomic E-state index is 11.1. The van der Waals surface area contributed by atoms with Crippen molar-refractivity contribution in [1.29, 1.82) is 0 Å². The number of anilines is 1. The number of aryl methyl sites for hydroxylation is 2. The third-order valence-corrected chi connectivity index (χ3v) is 4.64. The van der Waals surface area contributed by atoms with E-state index >= 15 is 0 Å². The van der Waals surface area contributed by atoms with Crippen LogP contribution in [0, 0.1) is 37.3 Å². The van der Waals surface area contributed by atoms with Crippen LogP contribution in [0.3, 0.4) is 0 Å². The van der Waals surface area contributed by atoms with Gasteiger partial charge in [-0.25, -0.2) is 0 Å². The van der Waals surface area contributed by atoms with Crippen molar-refractivity contribution in [2.75, 3.05) is 18.1 Å². The molecule has 1 aromatic heterocycles. The zero-order valence-corrected chi connectivity index (χ0v) is 17.3. The first kappa shape index (κ1) is 25.1. The standard InChI is InChI=1S/C9H15N3O2S.C6H3N3O7/c1-4-14-7(13)5-15-9-8(10)6(2)11-12(9)3;10-6-4(8(13)14)1-3(7(11)12)2-5(6)9(15)16/h4-5,10H2,1-3H3;1-2,10H. The molecule has 3 N–H and O–H groups in total. The summed E-state index contributed by atoms with van der Waals surface area (Å²) in [6.07, 6.45) is 0. The van der Waals surface area contributed by atoms with Gasteiger partial charge < -0.3 is 15.6 Å². The first-order chi connectivity index (χ1) is 14.4. The summed E-state index contributed by atoms with van der Waals surface area (Å²) >= 11 is 1.34. The molecule has 0 radical (unpaired) electrons. The third kappa shape index (κ3) is 6.53. The van der Waals surface area contributed by atoms with Crippen LogP contribution >= 0.6 is 11.8 Å². The van der Waals surface area contributed by atoms with Crippen LogP contribution in [0.4, 0.5) is 22.7 Å². The average molecular weight is 458 g/mol. The number of non-ortho nitro benzene ring substituents is 1. The van der Waals surface area contributed by atoms with Gasteiger partial charge in [0.25, 0.3) is 11.4 Å². The number of nitrogens with two attached hydrogens (primary N) is 1. The number of hydrogen-bond donors (Lipinski definition) is 2. The highest BCUT2D eigenvalue weighted by atomic mass is 32.2. The van der Waals surface area contributed by atoms with Gasteiger partial charge in [0.1, 0.15) is 5.03 Å². The van der Waals surface area contributed by atoms with E-state index in [9.17, 15) is 35.1 Å². The number of aromatic nitrogens is 2. The van der Waals surface area contributed by atoms with Crippen LogP contribution in [-0.4, -0.2) is 48.0 Å². The predicted octanol–water partition coefficient (Wildman–Crippen LogP) is 2.08. The molecular formula is C15H18N6O9S. The van der Waals surface area contributed by atoms with Gasteiger partial charge in [0.15, 0.2) is 0 Å². The molecule has 0 spiro atoms. The lowest BCUT2D eigenvalue weighted by atomic mass is 10.2. The Balaban J connectivity index is 0.000000311. The summed E-state index contributed by atoms with van der Waals surface area (Å²) in [7, 11) is 1.80. The lowest BCUT2D eigenvalue weighted by molar-refractivity contribution is -0.404. The summed E-state index contributed by atoms with van der Waals surface area (Å²) in [4.78, 5) is 38.9. The number of ether oxygens (including phenoxy) is 1. The Labute approximate surface area is 178 Å². The number of benzene rings is 1. The molecule has 0 aliphatic rings. The number of aromatic hydroxyl groups is 1. The largest absolute Gasteiger partial charge is 0.497 e. The van der Waals surface area contributed by atoms with E-state index < -0.39 is 37.6 Å². The van der Waals surface area contributed by atoms with E-state index in [-0.39, 0.29) is 11.7 Å². The number of nitro benzene ring substituents is 3. The van der Waals surface area contributed by atoms with E-state index in [0.717, 1.165) is 10.7 Å². The molecule has 168 valence electrons. The molecule has 0 saturated carbocycles. The van der Waals surface area contributed by atoms with Gasteiger partial charge in [-0.15, -0.1) is 0 Å². The minimum Gasteiger partial charge on any atom is -0.497 e. The summed E-state index contributed by atoms with van der Waals surface area (Å²) < 4.78 is 6.50. The predicted molar refractivity (Wildman–Crippen MR) is 108 cm³/mol. The van der Waals surface area contributed by atoms with Crippen LogP contribution in [-0.2, 0) is 16.6 Å². The number of hydrogen-bond acceptors (Lipinski definition) is 12. The monoisotopic (exact) mass is 458 g/mol. The van der Waals surface area contributed by atoms with Crippen molar-refractivity contribution in [3.63, 3.8) is 0 Å². The fraction of sp³-hybridized carbons (Fsp3) is 0.333. The number of carbonyl (C=O) groups excluding carboxylic acids is 1. The number of phenolic OH excluding ortho intramolecular Hbond substituents is 1. The molecule has 0 saturated heterocycles. The minimum absolute atomic E-state index is 0.235. The molecular weight excluding hydrogens is 440 g/mol. The molecule has 31 heavy (non-hydrogen) atoms. The molecule has 2 rings (SSSR count). The molecule has 0 aliphatic heterocycles. The molecule has 15 nitrogen and oxygen atoms in total. The van der Waals surface area contributed by atoms with Crippen molar-refractivity contribution < 1.29 is 29.4 Å². The molecule has 0 amide bonds. The highest BCUT2D eigenvalue weighted by Crippen LogP contribution is 2.38. The molecule has 1 heterocycles. The maximum Gasteiger partial charge on any atom is 0.324 e. The zero-order chi connectivity index (χ0) is 23.9. The van der Waals surface area contributed by atoms with Gasteiger partial charge in [-0.05, 0) is 13.8 Å². The quantitative estimate of drug-likeness (QED) is 0.263. The lowest BCUT2D eigenvalue weighted by Crippen LogP contribution is -2.07. The Morgan fingerprint density at radius 3 is 2.06 bits per heavy atom. The van der Waals surface area contributed by atoms with Gasteiger partial charge in [0.2, 0.25) is 0 Å². The Morgan fingerprint density at radius 1 is 1.19 bits per heavy atom. The second-order valence-electron chi connectivity index (χ2n) is 5.63. The fourth-order valence-electron chi connectivity index (χ4n) is 2.13. The van der Waals surface area contributed by atoms with Gasteiger partial charge in [0, 0.05) is 7.05 Å². The van der Waals surface area contributed by atoms with Gasteiger partial charge in [0.05, 0.1) is 50.6 Å². The summed E-state index contributed by atoms with van der Waals surface area (Å²) in [5, 5.41) is 45.2. The topological polar surface area (TPSA) is 220 Å². The van der Waals surface area contributed by atoms with Gasteiger partial charge in [-0.3, -0.25) is 39.8 Å². The van der Waals surface area contributed by atoms with Crippen molar-refractivity contribution in [3.8, 4) is 5.75 Å². The van der Waals surface area contributed by atoms with Crippen molar-refractivity contribution in [2.24, 2.45) is 7.05 Å². The van der Waals surface area contributed by atoms with E-state index in [1.165, 1.54) is 11.8 Å². The SMILES string of the molecule is CCOC(=O)CSc1c(N)c(C)nn1C.O=[N+]([O-])c1cc([N+](=O)[O-])c(O)c([N+](=O)[O-])c1. The molecule has 1 aromatic carbocycles. The van der Waals surface area contributed by atoms with Crippen molar-refractivity contribution in [1.82, 2.24) is 9.78 Å². The van der Waals surface area contributed by atoms with Crippen molar-refractivity contribution in [3.05, 3.63) is 48.2 Å². The molecule has 2 aromatic rings. The molecule has 0 fully saturated rings. The van der Waals surface area contributed by atoms with Gasteiger partial charge >= 0.3 is 17.3 Å². The Bertz CT molecular complexity index is 988. The number of nitro groups is 3. The van der Waals surface area contributed by atoms with Crippen LogP contribution in [0.25, 0.3) is 0 Å². The van der Waals surface area contributed by atoms with Gasteiger partial charge in [-0.2, -0.15) is 5.10 Å². The maximum absolute atomic E-state index is 11.1. The lowest BCUT2D eigenvalue weighted by Gasteiger charge is -2.03. The summed E-state index contributed by atoms with van der Waals surface area (Å²) in [5.41, 5.74) is 4.22. The summed E-state index contributed by atoms with van der Waals surface area (Å²) in [6, 6.07) is 0.894. The fourth-order valence-corrected chi connectivity index (χ4v) is 3.00. The van der Waals surface area contributed by atoms with Crippen LogP contribution < -0.4 is 5.73 Å². The van der Waals surface area contributed by atoms with E-state index in [0.29, 0.717) is 24.4 Å². The van der Waals surface area contributed by atoms with Gasteiger partial charge in [-0.1, -0.05) is 11.8 Å². The third-order valence-electron chi connectivity index (χ3n) is 3.50.